The molecule has 1 aliphatic heterocycles. The van der Waals surface area contributed by atoms with Crippen molar-refractivity contribution < 1.29 is 4.92 Å². The molecule has 0 N–H and O–H groups in total. The highest BCUT2D eigenvalue weighted by Gasteiger charge is 2.15. The summed E-state index contributed by atoms with van der Waals surface area (Å²) in [5, 5.41) is 10.7. The van der Waals surface area contributed by atoms with Crippen molar-refractivity contribution >= 4 is 11.8 Å². The lowest BCUT2D eigenvalue weighted by atomic mass is 10.6. The Morgan fingerprint density at radius 3 is 3.00 bits per heavy atom. The van der Waals surface area contributed by atoms with E-state index in [-0.39, 0.29) is 0 Å². The van der Waals surface area contributed by atoms with Gasteiger partial charge >= 0.3 is 0 Å². The minimum absolute atomic E-state index is 0.413. The molecular formula is C5H8N2O2S. The van der Waals surface area contributed by atoms with E-state index < -0.39 is 4.92 Å². The molecule has 5 heteroatoms. The molecule has 0 aromatic rings. The van der Waals surface area contributed by atoms with Crippen LogP contribution in [0, 0.1) is 10.1 Å². The Kier molecular flexibility index (Phi) is 2.16. The van der Waals surface area contributed by atoms with Crippen LogP contribution in [0.15, 0.2) is 11.2 Å². The third-order valence-corrected chi connectivity index (χ3v) is 2.37. The van der Waals surface area contributed by atoms with Crippen LogP contribution in [-0.2, 0) is 0 Å². The van der Waals surface area contributed by atoms with Crippen molar-refractivity contribution in [1.82, 2.24) is 4.90 Å². The van der Waals surface area contributed by atoms with Crippen molar-refractivity contribution in [2.45, 2.75) is 0 Å². The lowest BCUT2D eigenvalue weighted by Gasteiger charge is -2.06. The number of nitro groups is 1. The van der Waals surface area contributed by atoms with Gasteiger partial charge in [-0.25, -0.2) is 0 Å². The SMILES string of the molecule is CN1CCSC1=C[N+](=O)[O-]. The summed E-state index contributed by atoms with van der Waals surface area (Å²) in [5.41, 5.74) is 0. The molecule has 1 rings (SSSR count). The smallest absolute Gasteiger partial charge is 0.264 e. The number of thioether (sulfide) groups is 1. The van der Waals surface area contributed by atoms with E-state index in [1.165, 1.54) is 11.8 Å². The van der Waals surface area contributed by atoms with Crippen LogP contribution in [0.25, 0.3) is 0 Å². The molecule has 1 aliphatic rings. The van der Waals surface area contributed by atoms with Gasteiger partial charge in [0.1, 0.15) is 5.03 Å². The van der Waals surface area contributed by atoms with Gasteiger partial charge in [0, 0.05) is 19.3 Å². The molecule has 0 bridgehead atoms. The van der Waals surface area contributed by atoms with E-state index in [0.29, 0.717) is 0 Å². The molecule has 1 heterocycles. The summed E-state index contributed by atoms with van der Waals surface area (Å²) in [4.78, 5) is 11.5. The van der Waals surface area contributed by atoms with Crippen LogP contribution in [0.3, 0.4) is 0 Å². The van der Waals surface area contributed by atoms with Gasteiger partial charge < -0.3 is 4.90 Å². The lowest BCUT2D eigenvalue weighted by molar-refractivity contribution is -0.403. The normalized spacial score (nSPS) is 22.1. The Balaban J connectivity index is 2.62. The monoisotopic (exact) mass is 160 g/mol. The van der Waals surface area contributed by atoms with Crippen molar-refractivity contribution in [3.05, 3.63) is 21.3 Å². The highest BCUT2D eigenvalue weighted by molar-refractivity contribution is 8.03. The van der Waals surface area contributed by atoms with Gasteiger partial charge in [-0.1, -0.05) is 0 Å². The average Bonchev–Trinajstić information content (AvgIpc) is 2.15. The second-order valence-corrected chi connectivity index (χ2v) is 3.14. The molecule has 0 radical (unpaired) electrons. The van der Waals surface area contributed by atoms with Crippen LogP contribution >= 0.6 is 11.8 Å². The van der Waals surface area contributed by atoms with Gasteiger partial charge in [-0.2, -0.15) is 0 Å². The molecule has 56 valence electrons. The molecule has 0 spiro atoms. The van der Waals surface area contributed by atoms with Crippen LogP contribution < -0.4 is 0 Å². The number of nitrogens with zero attached hydrogens (tertiary/aromatic N) is 2. The first-order chi connectivity index (χ1) is 4.70. The van der Waals surface area contributed by atoms with Gasteiger partial charge in [0.05, 0.1) is 4.92 Å². The third kappa shape index (κ3) is 1.63. The van der Waals surface area contributed by atoms with Crippen LogP contribution in [-0.4, -0.2) is 29.2 Å². The Labute approximate surface area is 63.0 Å². The van der Waals surface area contributed by atoms with Gasteiger partial charge in [-0.05, 0) is 0 Å². The molecular weight excluding hydrogens is 152 g/mol. The predicted molar refractivity (Wildman–Crippen MR) is 40.2 cm³/mol. The fourth-order valence-corrected chi connectivity index (χ4v) is 1.78. The first-order valence-electron chi connectivity index (χ1n) is 2.89. The molecule has 0 aromatic carbocycles. The number of hydrogen-bond acceptors (Lipinski definition) is 4. The largest absolute Gasteiger partial charge is 0.364 e. The Bertz CT molecular complexity index is 180. The van der Waals surface area contributed by atoms with Crippen LogP contribution in [0.4, 0.5) is 0 Å². The summed E-state index contributed by atoms with van der Waals surface area (Å²) in [6.45, 7) is 0.907. The topological polar surface area (TPSA) is 46.4 Å². The Morgan fingerprint density at radius 2 is 2.60 bits per heavy atom. The quantitative estimate of drug-likeness (QED) is 0.419. The molecule has 0 atom stereocenters. The minimum atomic E-state index is -0.413. The fraction of sp³-hybridized carbons (Fsp3) is 0.600. The zero-order valence-electron chi connectivity index (χ0n) is 5.61. The maximum Gasteiger partial charge on any atom is 0.264 e. The minimum Gasteiger partial charge on any atom is -0.364 e. The molecule has 1 saturated heterocycles. The van der Waals surface area contributed by atoms with Crippen molar-refractivity contribution in [3.8, 4) is 0 Å². The van der Waals surface area contributed by atoms with E-state index in [2.05, 4.69) is 0 Å². The summed E-state index contributed by atoms with van der Waals surface area (Å²) in [6, 6.07) is 0. The van der Waals surface area contributed by atoms with Gasteiger partial charge in [-0.15, -0.1) is 11.8 Å². The average molecular weight is 160 g/mol. The predicted octanol–water partition coefficient (Wildman–Crippen LogP) is 0.741. The summed E-state index contributed by atoms with van der Waals surface area (Å²) in [5.74, 6) is 0.955. The van der Waals surface area contributed by atoms with Crippen LogP contribution in [0.5, 0.6) is 0 Å². The van der Waals surface area contributed by atoms with Crippen molar-refractivity contribution in [2.75, 3.05) is 19.3 Å². The summed E-state index contributed by atoms with van der Waals surface area (Å²) < 4.78 is 0. The van der Waals surface area contributed by atoms with E-state index >= 15 is 0 Å². The first kappa shape index (κ1) is 7.40. The van der Waals surface area contributed by atoms with Gasteiger partial charge in [0.2, 0.25) is 0 Å². The molecule has 1 fully saturated rings. The van der Waals surface area contributed by atoms with Gasteiger partial charge in [0.25, 0.3) is 6.20 Å². The molecule has 0 amide bonds. The lowest BCUT2D eigenvalue weighted by Crippen LogP contribution is -2.11. The van der Waals surface area contributed by atoms with Crippen molar-refractivity contribution in [3.63, 3.8) is 0 Å². The standard InChI is InChI=1S/C5H8N2O2S/c1-6-2-3-10-5(6)4-7(8)9/h4H,2-3H2,1H3. The summed E-state index contributed by atoms with van der Waals surface area (Å²) in [7, 11) is 1.86. The molecule has 0 unspecified atom stereocenters. The molecule has 10 heavy (non-hydrogen) atoms. The maximum atomic E-state index is 9.99. The fourth-order valence-electron chi connectivity index (χ4n) is 0.734. The van der Waals surface area contributed by atoms with E-state index in [0.717, 1.165) is 23.5 Å². The third-order valence-electron chi connectivity index (χ3n) is 1.27. The van der Waals surface area contributed by atoms with Crippen LogP contribution in [0.1, 0.15) is 0 Å². The zero-order valence-corrected chi connectivity index (χ0v) is 6.43. The summed E-state index contributed by atoms with van der Waals surface area (Å²) >= 11 is 1.52. The maximum absolute atomic E-state index is 9.99. The molecule has 0 aromatic heterocycles. The van der Waals surface area contributed by atoms with Gasteiger partial charge in [-0.3, -0.25) is 10.1 Å². The second-order valence-electron chi connectivity index (χ2n) is 2.02. The first-order valence-corrected chi connectivity index (χ1v) is 3.88. The number of hydrogen-bond donors (Lipinski definition) is 0. The highest BCUT2D eigenvalue weighted by atomic mass is 32.2. The van der Waals surface area contributed by atoms with E-state index in [1.807, 2.05) is 11.9 Å². The Hall–Kier alpha value is -0.710. The molecule has 0 saturated carbocycles. The second kappa shape index (κ2) is 2.92. The van der Waals surface area contributed by atoms with E-state index in [1.54, 1.807) is 0 Å². The van der Waals surface area contributed by atoms with E-state index in [4.69, 9.17) is 0 Å². The Morgan fingerprint density at radius 1 is 1.90 bits per heavy atom. The highest BCUT2D eigenvalue weighted by Crippen LogP contribution is 2.25. The summed E-state index contributed by atoms with van der Waals surface area (Å²) in [6.07, 6.45) is 1.05. The number of rotatable bonds is 1. The van der Waals surface area contributed by atoms with Crippen molar-refractivity contribution in [2.24, 2.45) is 0 Å². The van der Waals surface area contributed by atoms with Crippen LogP contribution in [0.2, 0.25) is 0 Å². The van der Waals surface area contributed by atoms with Gasteiger partial charge in [0.15, 0.2) is 0 Å². The molecule has 0 aliphatic carbocycles. The van der Waals surface area contributed by atoms with Crippen molar-refractivity contribution in [1.29, 1.82) is 0 Å². The van der Waals surface area contributed by atoms with E-state index in [9.17, 15) is 10.1 Å². The zero-order chi connectivity index (χ0) is 7.56. The molecule has 4 nitrogen and oxygen atoms in total.